The van der Waals surface area contributed by atoms with Gasteiger partial charge < -0.3 is 5.11 Å². The van der Waals surface area contributed by atoms with E-state index in [1.54, 1.807) is 12.2 Å². The fourth-order valence-electron chi connectivity index (χ4n) is 1.93. The molecule has 88 valence electrons. The van der Waals surface area contributed by atoms with Gasteiger partial charge in [0.25, 0.3) is 0 Å². The molecular weight excluding hydrogens is 236 g/mol. The molecule has 1 atom stereocenters. The zero-order chi connectivity index (χ0) is 12.5. The van der Waals surface area contributed by atoms with Gasteiger partial charge in [-0.2, -0.15) is 0 Å². The number of allylic oxidation sites excluding steroid dienone is 3. The Balaban J connectivity index is 2.41. The van der Waals surface area contributed by atoms with Crippen molar-refractivity contribution in [3.63, 3.8) is 0 Å². The van der Waals surface area contributed by atoms with Gasteiger partial charge in [0.15, 0.2) is 4.87 Å². The first-order valence-corrected chi connectivity index (χ1v) is 5.77. The molecule has 0 fully saturated rings. The zero-order valence-electron chi connectivity index (χ0n) is 9.48. The molecule has 1 unspecified atom stereocenters. The summed E-state index contributed by atoms with van der Waals surface area (Å²) < 4.78 is 0. The van der Waals surface area contributed by atoms with Crippen molar-refractivity contribution in [3.8, 4) is 0 Å². The Bertz CT molecular complexity index is 502. The first-order chi connectivity index (χ1) is 8.03. The van der Waals surface area contributed by atoms with Crippen LogP contribution in [0, 0.1) is 0 Å². The predicted molar refractivity (Wildman–Crippen MR) is 69.0 cm³/mol. The van der Waals surface area contributed by atoms with Crippen LogP contribution in [0.1, 0.15) is 18.9 Å². The van der Waals surface area contributed by atoms with Crippen molar-refractivity contribution < 1.29 is 9.90 Å². The summed E-state index contributed by atoms with van der Waals surface area (Å²) in [5.41, 5.74) is 3.08. The van der Waals surface area contributed by atoms with Gasteiger partial charge in [-0.1, -0.05) is 42.5 Å². The van der Waals surface area contributed by atoms with Crippen molar-refractivity contribution in [2.24, 2.45) is 0 Å². The Kier molecular flexibility index (Phi) is 3.07. The molecule has 0 bridgehead atoms. The van der Waals surface area contributed by atoms with Crippen molar-refractivity contribution in [1.82, 2.24) is 0 Å². The van der Waals surface area contributed by atoms with E-state index in [0.717, 1.165) is 16.7 Å². The van der Waals surface area contributed by atoms with Gasteiger partial charge in [-0.25, -0.2) is 4.79 Å². The minimum atomic E-state index is -1.31. The number of carbonyl (C=O) groups is 1. The number of carboxylic acid groups (broad SMARTS) is 1. The monoisotopic (exact) mass is 248 g/mol. The van der Waals surface area contributed by atoms with Crippen LogP contribution in [0.5, 0.6) is 0 Å². The lowest BCUT2D eigenvalue weighted by Crippen LogP contribution is -2.32. The second kappa shape index (κ2) is 4.38. The van der Waals surface area contributed by atoms with Crippen molar-refractivity contribution in [3.05, 3.63) is 53.6 Å². The highest BCUT2D eigenvalue weighted by Gasteiger charge is 2.36. The van der Waals surface area contributed by atoms with Crippen LogP contribution in [-0.2, 0) is 4.79 Å². The molecule has 0 amide bonds. The smallest absolute Gasteiger partial charge is 0.329 e. The summed E-state index contributed by atoms with van der Waals surface area (Å²) in [6.07, 6.45) is 3.65. The Morgan fingerprint density at radius 3 is 2.59 bits per heavy atom. The Hall–Kier alpha value is -1.54. The fraction of sp³-hybridized carbons (Fsp3) is 0.214. The van der Waals surface area contributed by atoms with Crippen molar-refractivity contribution in [2.45, 2.75) is 18.2 Å². The topological polar surface area (TPSA) is 37.3 Å². The maximum absolute atomic E-state index is 11.2. The van der Waals surface area contributed by atoms with E-state index in [2.05, 4.69) is 0 Å². The molecule has 0 aromatic heterocycles. The highest BCUT2D eigenvalue weighted by atomic mass is 35.5. The highest BCUT2D eigenvalue weighted by molar-refractivity contribution is 6.36. The van der Waals surface area contributed by atoms with Crippen molar-refractivity contribution >= 4 is 23.1 Å². The molecular formula is C14H13ClO2. The van der Waals surface area contributed by atoms with Crippen LogP contribution in [0.3, 0.4) is 0 Å². The van der Waals surface area contributed by atoms with E-state index in [4.69, 9.17) is 16.7 Å². The van der Waals surface area contributed by atoms with Gasteiger partial charge in [-0.05, 0) is 23.6 Å². The molecule has 3 heteroatoms. The van der Waals surface area contributed by atoms with E-state index in [-0.39, 0.29) is 0 Å². The van der Waals surface area contributed by atoms with Gasteiger partial charge in [-0.3, -0.25) is 0 Å². The molecule has 0 aliphatic heterocycles. The van der Waals surface area contributed by atoms with Crippen LogP contribution in [0.4, 0.5) is 0 Å². The maximum Gasteiger partial charge on any atom is 0.329 e. The molecule has 0 heterocycles. The second-order valence-electron chi connectivity index (χ2n) is 4.21. The van der Waals surface area contributed by atoms with E-state index < -0.39 is 10.8 Å². The number of aliphatic carboxylic acids is 1. The lowest BCUT2D eigenvalue weighted by molar-refractivity contribution is -0.138. The SMILES string of the molecule is CC1=C(c2ccccc2)CC(Cl)(C(=O)O)C=C1. The van der Waals surface area contributed by atoms with Crippen molar-refractivity contribution in [2.75, 3.05) is 0 Å². The summed E-state index contributed by atoms with van der Waals surface area (Å²) in [5, 5.41) is 9.14. The number of rotatable bonds is 2. The fourth-order valence-corrected chi connectivity index (χ4v) is 2.13. The number of benzene rings is 1. The lowest BCUT2D eigenvalue weighted by atomic mass is 9.86. The van der Waals surface area contributed by atoms with Crippen LogP contribution in [0.2, 0.25) is 0 Å². The number of carboxylic acids is 1. The molecule has 0 saturated carbocycles. The largest absolute Gasteiger partial charge is 0.480 e. The third kappa shape index (κ3) is 2.27. The van der Waals surface area contributed by atoms with Crippen LogP contribution >= 0.6 is 11.6 Å². The Morgan fingerprint density at radius 2 is 2.00 bits per heavy atom. The molecule has 2 rings (SSSR count). The summed E-state index contributed by atoms with van der Waals surface area (Å²) in [6.45, 7) is 1.97. The van der Waals surface area contributed by atoms with E-state index in [1.807, 2.05) is 37.3 Å². The highest BCUT2D eigenvalue weighted by Crippen LogP contribution is 2.37. The third-order valence-electron chi connectivity index (χ3n) is 2.99. The maximum atomic E-state index is 11.2. The normalized spacial score (nSPS) is 23.9. The average Bonchev–Trinajstić information content (AvgIpc) is 2.33. The minimum Gasteiger partial charge on any atom is -0.480 e. The number of halogens is 1. The third-order valence-corrected chi connectivity index (χ3v) is 3.41. The molecule has 1 N–H and O–H groups in total. The zero-order valence-corrected chi connectivity index (χ0v) is 10.2. The average molecular weight is 249 g/mol. The van der Waals surface area contributed by atoms with Gasteiger partial charge in [0.1, 0.15) is 0 Å². The summed E-state index contributed by atoms with van der Waals surface area (Å²) in [7, 11) is 0. The van der Waals surface area contributed by atoms with Gasteiger partial charge in [-0.15, -0.1) is 11.6 Å². The number of alkyl halides is 1. The molecule has 0 radical (unpaired) electrons. The van der Waals surface area contributed by atoms with E-state index >= 15 is 0 Å². The van der Waals surface area contributed by atoms with Gasteiger partial charge >= 0.3 is 5.97 Å². The first-order valence-electron chi connectivity index (χ1n) is 5.40. The van der Waals surface area contributed by atoms with Crippen LogP contribution in [-0.4, -0.2) is 16.0 Å². The van der Waals surface area contributed by atoms with Crippen LogP contribution in [0.15, 0.2) is 48.1 Å². The van der Waals surface area contributed by atoms with Crippen LogP contribution in [0.25, 0.3) is 5.57 Å². The molecule has 0 saturated heterocycles. The minimum absolute atomic E-state index is 0.316. The molecule has 2 nitrogen and oxygen atoms in total. The standard InChI is InChI=1S/C14H13ClO2/c1-10-7-8-14(15,13(16)17)9-12(10)11-5-3-2-4-6-11/h2-8H,9H2,1H3,(H,16,17). The van der Waals surface area contributed by atoms with Crippen LogP contribution < -0.4 is 0 Å². The Labute approximate surface area is 105 Å². The molecule has 0 spiro atoms. The Morgan fingerprint density at radius 1 is 1.35 bits per heavy atom. The summed E-state index contributed by atoms with van der Waals surface area (Å²) in [4.78, 5) is 9.84. The quantitative estimate of drug-likeness (QED) is 0.814. The van der Waals surface area contributed by atoms with E-state index in [1.165, 1.54) is 0 Å². The first kappa shape index (κ1) is 11.9. The molecule has 1 aromatic rings. The van der Waals surface area contributed by atoms with E-state index in [9.17, 15) is 4.79 Å². The van der Waals surface area contributed by atoms with E-state index in [0.29, 0.717) is 6.42 Å². The predicted octanol–water partition coefficient (Wildman–Crippen LogP) is 3.48. The van der Waals surface area contributed by atoms with Gasteiger partial charge in [0.05, 0.1) is 0 Å². The summed E-state index contributed by atoms with van der Waals surface area (Å²) in [5.74, 6) is -1.00. The lowest BCUT2D eigenvalue weighted by Gasteiger charge is -2.25. The van der Waals surface area contributed by atoms with Gasteiger partial charge in [0, 0.05) is 6.42 Å². The molecule has 1 aliphatic carbocycles. The summed E-state index contributed by atoms with van der Waals surface area (Å²) >= 11 is 6.10. The van der Waals surface area contributed by atoms with Crippen molar-refractivity contribution in [1.29, 1.82) is 0 Å². The van der Waals surface area contributed by atoms with Gasteiger partial charge in [0.2, 0.25) is 0 Å². The molecule has 17 heavy (non-hydrogen) atoms. The molecule has 1 aliphatic rings. The number of hydrogen-bond donors (Lipinski definition) is 1. The second-order valence-corrected chi connectivity index (χ2v) is 4.88. The number of hydrogen-bond acceptors (Lipinski definition) is 1. The summed E-state index contributed by atoms with van der Waals surface area (Å²) in [6, 6.07) is 9.74. The molecule has 1 aromatic carbocycles.